The van der Waals surface area contributed by atoms with Crippen molar-refractivity contribution >= 4 is 40.6 Å². The molecule has 0 aromatic carbocycles. The van der Waals surface area contributed by atoms with E-state index in [9.17, 15) is 9.59 Å². The van der Waals surface area contributed by atoms with E-state index >= 15 is 0 Å². The highest BCUT2D eigenvalue weighted by atomic mass is 35.5. The van der Waals surface area contributed by atoms with Crippen LogP contribution in [0.25, 0.3) is 0 Å². The molecule has 0 radical (unpaired) electrons. The third-order valence-electron chi connectivity index (χ3n) is 4.37. The first kappa shape index (κ1) is 15.4. The van der Waals surface area contributed by atoms with Crippen LogP contribution in [0.3, 0.4) is 0 Å². The van der Waals surface area contributed by atoms with Crippen LogP contribution < -0.4 is 11.1 Å². The fraction of sp³-hybridized carbons (Fsp3) is 0.615. The maximum Gasteiger partial charge on any atom is 0.231 e. The number of hydrogen-bond donors (Lipinski definition) is 2. The largest absolute Gasteiger partial charge is 0.327 e. The van der Waals surface area contributed by atoms with Gasteiger partial charge in [-0.15, -0.1) is 12.4 Å². The number of carbonyl (C=O) groups is 2. The predicted octanol–water partition coefficient (Wildman–Crippen LogP) is 2.08. The maximum atomic E-state index is 12.3. The van der Waals surface area contributed by atoms with E-state index in [0.29, 0.717) is 21.8 Å². The highest BCUT2D eigenvalue weighted by Gasteiger charge is 2.49. The number of Topliss-reactive ketones (excluding diaryl/α,β-unsaturated/α-hetero) is 1. The minimum Gasteiger partial charge on any atom is -0.327 e. The van der Waals surface area contributed by atoms with Crippen molar-refractivity contribution in [3.05, 3.63) is 11.1 Å². The first-order valence-corrected chi connectivity index (χ1v) is 7.41. The van der Waals surface area contributed by atoms with Crippen LogP contribution in [0.4, 0.5) is 5.13 Å². The molecule has 1 amide bonds. The lowest BCUT2D eigenvalue weighted by Crippen LogP contribution is -2.42. The van der Waals surface area contributed by atoms with Crippen molar-refractivity contribution in [3.63, 3.8) is 0 Å². The van der Waals surface area contributed by atoms with Crippen molar-refractivity contribution < 1.29 is 9.59 Å². The fourth-order valence-corrected chi connectivity index (χ4v) is 4.12. The standard InChI is InChI=1S/C13H17N3O2S.ClH/c1-6(17)9-5-15-13(19-9)16-12(18)10-7-2-3-8(4-7)11(10)14;/h5,7-8,10-11H,2-4,14H2,1H3,(H,15,16,18);1H. The van der Waals surface area contributed by atoms with Gasteiger partial charge in [0, 0.05) is 13.0 Å². The number of thiazole rings is 1. The summed E-state index contributed by atoms with van der Waals surface area (Å²) in [5.74, 6) is 0.763. The Morgan fingerprint density at radius 3 is 2.65 bits per heavy atom. The number of hydrogen-bond acceptors (Lipinski definition) is 5. The van der Waals surface area contributed by atoms with E-state index in [-0.39, 0.29) is 36.1 Å². The van der Waals surface area contributed by atoms with E-state index in [1.54, 1.807) is 0 Å². The quantitative estimate of drug-likeness (QED) is 0.836. The number of nitrogens with one attached hydrogen (secondary N) is 1. The summed E-state index contributed by atoms with van der Waals surface area (Å²) in [5, 5.41) is 3.30. The second-order valence-corrected chi connectivity index (χ2v) is 6.54. The molecule has 110 valence electrons. The van der Waals surface area contributed by atoms with Crippen LogP contribution in [-0.2, 0) is 4.79 Å². The van der Waals surface area contributed by atoms with Crippen LogP contribution in [0.1, 0.15) is 35.9 Å². The zero-order valence-electron chi connectivity index (χ0n) is 11.2. The Morgan fingerprint density at radius 2 is 2.10 bits per heavy atom. The van der Waals surface area contributed by atoms with E-state index in [2.05, 4.69) is 10.3 Å². The maximum absolute atomic E-state index is 12.3. The summed E-state index contributed by atoms with van der Waals surface area (Å²) in [6.07, 6.45) is 4.84. The van der Waals surface area contributed by atoms with Crippen molar-refractivity contribution in [2.45, 2.75) is 32.2 Å². The van der Waals surface area contributed by atoms with Gasteiger partial charge in [0.25, 0.3) is 0 Å². The molecule has 4 atom stereocenters. The van der Waals surface area contributed by atoms with Gasteiger partial charge in [-0.05, 0) is 31.1 Å². The van der Waals surface area contributed by atoms with E-state index < -0.39 is 0 Å². The Bertz CT molecular complexity index is 531. The van der Waals surface area contributed by atoms with Crippen LogP contribution in [0.5, 0.6) is 0 Å². The third-order valence-corrected chi connectivity index (χ3v) is 5.38. The Labute approximate surface area is 127 Å². The van der Waals surface area contributed by atoms with Gasteiger partial charge in [0.2, 0.25) is 5.91 Å². The molecular formula is C13H18ClN3O2S. The predicted molar refractivity (Wildman–Crippen MR) is 80.3 cm³/mol. The molecule has 5 nitrogen and oxygen atoms in total. The van der Waals surface area contributed by atoms with Crippen LogP contribution >= 0.6 is 23.7 Å². The Balaban J connectivity index is 0.00000147. The number of nitrogens with two attached hydrogens (primary N) is 1. The van der Waals surface area contributed by atoms with E-state index in [1.807, 2.05) is 0 Å². The summed E-state index contributed by atoms with van der Waals surface area (Å²) in [4.78, 5) is 28.1. The third kappa shape index (κ3) is 2.60. The zero-order chi connectivity index (χ0) is 13.6. The molecule has 2 saturated carbocycles. The van der Waals surface area contributed by atoms with Gasteiger partial charge in [-0.1, -0.05) is 11.3 Å². The molecule has 0 spiro atoms. The highest BCUT2D eigenvalue weighted by Crippen LogP contribution is 2.47. The molecule has 0 aliphatic heterocycles. The topological polar surface area (TPSA) is 85.1 Å². The van der Waals surface area contributed by atoms with Crippen LogP contribution in [-0.4, -0.2) is 22.7 Å². The molecule has 2 aliphatic rings. The molecule has 2 aliphatic carbocycles. The number of anilines is 1. The molecular weight excluding hydrogens is 298 g/mol. The number of rotatable bonds is 3. The molecule has 2 fully saturated rings. The van der Waals surface area contributed by atoms with Crippen molar-refractivity contribution in [1.29, 1.82) is 0 Å². The Kier molecular flexibility index (Phi) is 4.46. The summed E-state index contributed by atoms with van der Waals surface area (Å²) in [7, 11) is 0. The smallest absolute Gasteiger partial charge is 0.231 e. The minimum absolute atomic E-state index is 0. The van der Waals surface area contributed by atoms with Gasteiger partial charge < -0.3 is 11.1 Å². The van der Waals surface area contributed by atoms with Gasteiger partial charge in [0.15, 0.2) is 10.9 Å². The van der Waals surface area contributed by atoms with Gasteiger partial charge in [-0.25, -0.2) is 4.98 Å². The van der Waals surface area contributed by atoms with Crippen molar-refractivity contribution in [2.24, 2.45) is 23.5 Å². The number of halogens is 1. The van der Waals surface area contributed by atoms with E-state index in [4.69, 9.17) is 5.73 Å². The zero-order valence-corrected chi connectivity index (χ0v) is 12.8. The summed E-state index contributed by atoms with van der Waals surface area (Å²) in [5.41, 5.74) is 6.14. The van der Waals surface area contributed by atoms with Crippen LogP contribution in [0.15, 0.2) is 6.20 Å². The van der Waals surface area contributed by atoms with Gasteiger partial charge in [-0.2, -0.15) is 0 Å². The molecule has 20 heavy (non-hydrogen) atoms. The molecule has 3 N–H and O–H groups in total. The normalized spacial score (nSPS) is 30.9. The molecule has 1 heterocycles. The van der Waals surface area contributed by atoms with E-state index in [0.717, 1.165) is 19.3 Å². The average Bonchev–Trinajstić information content (AvgIpc) is 3.02. The lowest BCUT2D eigenvalue weighted by Gasteiger charge is -2.26. The summed E-state index contributed by atoms with van der Waals surface area (Å²) < 4.78 is 0. The number of nitrogens with zero attached hydrogens (tertiary/aromatic N) is 1. The Hall–Kier alpha value is -0.980. The van der Waals surface area contributed by atoms with Crippen molar-refractivity contribution in [2.75, 3.05) is 5.32 Å². The lowest BCUT2D eigenvalue weighted by atomic mass is 9.84. The lowest BCUT2D eigenvalue weighted by molar-refractivity contribution is -0.121. The monoisotopic (exact) mass is 315 g/mol. The summed E-state index contributed by atoms with van der Waals surface area (Å²) in [6.45, 7) is 1.49. The second-order valence-electron chi connectivity index (χ2n) is 5.51. The fourth-order valence-electron chi connectivity index (χ4n) is 3.41. The Morgan fingerprint density at radius 1 is 1.40 bits per heavy atom. The van der Waals surface area contributed by atoms with Gasteiger partial charge in [-0.3, -0.25) is 9.59 Å². The summed E-state index contributed by atoms with van der Waals surface area (Å²) >= 11 is 1.22. The molecule has 1 aromatic rings. The number of carbonyl (C=O) groups excluding carboxylic acids is 2. The van der Waals surface area contributed by atoms with Crippen LogP contribution in [0, 0.1) is 17.8 Å². The molecule has 7 heteroatoms. The first-order chi connectivity index (χ1) is 9.06. The molecule has 0 saturated heterocycles. The average molecular weight is 316 g/mol. The molecule has 4 unspecified atom stereocenters. The number of amides is 1. The van der Waals surface area contributed by atoms with Crippen LogP contribution in [0.2, 0.25) is 0 Å². The number of fused-ring (bicyclic) bond motifs is 2. The van der Waals surface area contributed by atoms with Gasteiger partial charge >= 0.3 is 0 Å². The van der Waals surface area contributed by atoms with Gasteiger partial charge in [0.05, 0.1) is 17.0 Å². The molecule has 1 aromatic heterocycles. The van der Waals surface area contributed by atoms with Crippen molar-refractivity contribution in [3.8, 4) is 0 Å². The summed E-state index contributed by atoms with van der Waals surface area (Å²) in [6, 6.07) is -0.0222. The van der Waals surface area contributed by atoms with Gasteiger partial charge in [0.1, 0.15) is 0 Å². The SMILES string of the molecule is CC(=O)c1cnc(NC(=O)C2C3CCC(C3)C2N)s1.Cl. The highest BCUT2D eigenvalue weighted by molar-refractivity contribution is 7.17. The second kappa shape index (κ2) is 5.79. The first-order valence-electron chi connectivity index (χ1n) is 6.59. The van der Waals surface area contributed by atoms with Crippen molar-refractivity contribution in [1.82, 2.24) is 4.98 Å². The minimum atomic E-state index is -0.0940. The molecule has 2 bridgehead atoms. The van der Waals surface area contributed by atoms with E-state index in [1.165, 1.54) is 24.5 Å². The molecule has 3 rings (SSSR count). The number of aromatic nitrogens is 1. The number of ketones is 1.